The molecule has 1 aromatic rings. The highest BCUT2D eigenvalue weighted by atomic mass is 19.1. The molecule has 0 saturated heterocycles. The SMILES string of the molecule is CN(C)CCCNC(=O)Nc1c(F)cccc1C(=O)O. The van der Waals surface area contributed by atoms with Gasteiger partial charge in [0, 0.05) is 6.54 Å². The van der Waals surface area contributed by atoms with Gasteiger partial charge in [-0.05, 0) is 39.2 Å². The van der Waals surface area contributed by atoms with Gasteiger partial charge in [0.25, 0.3) is 0 Å². The second-order valence-corrected chi connectivity index (χ2v) is 4.51. The van der Waals surface area contributed by atoms with Crippen molar-refractivity contribution in [2.24, 2.45) is 0 Å². The van der Waals surface area contributed by atoms with E-state index in [-0.39, 0.29) is 11.3 Å². The number of carboxylic acid groups (broad SMARTS) is 1. The molecule has 0 bridgehead atoms. The zero-order valence-corrected chi connectivity index (χ0v) is 11.4. The number of halogens is 1. The van der Waals surface area contributed by atoms with Gasteiger partial charge in [-0.25, -0.2) is 14.0 Å². The van der Waals surface area contributed by atoms with Gasteiger partial charge in [-0.15, -0.1) is 0 Å². The van der Waals surface area contributed by atoms with Crippen molar-refractivity contribution < 1.29 is 19.1 Å². The van der Waals surface area contributed by atoms with E-state index in [1.54, 1.807) is 0 Å². The molecule has 0 aliphatic heterocycles. The number of urea groups is 1. The van der Waals surface area contributed by atoms with Crippen molar-refractivity contribution in [2.45, 2.75) is 6.42 Å². The number of amides is 2. The van der Waals surface area contributed by atoms with Crippen LogP contribution in [0.15, 0.2) is 18.2 Å². The summed E-state index contributed by atoms with van der Waals surface area (Å²) in [4.78, 5) is 24.5. The lowest BCUT2D eigenvalue weighted by atomic mass is 10.1. The Morgan fingerprint density at radius 3 is 2.65 bits per heavy atom. The van der Waals surface area contributed by atoms with Gasteiger partial charge in [0.15, 0.2) is 0 Å². The quantitative estimate of drug-likeness (QED) is 0.693. The van der Waals surface area contributed by atoms with Crippen LogP contribution in [-0.4, -0.2) is 49.2 Å². The Bertz CT molecular complexity index is 492. The lowest BCUT2D eigenvalue weighted by Gasteiger charge is -2.12. The number of hydrogen-bond acceptors (Lipinski definition) is 3. The highest BCUT2D eigenvalue weighted by Gasteiger charge is 2.16. The summed E-state index contributed by atoms with van der Waals surface area (Å²) < 4.78 is 13.6. The Morgan fingerprint density at radius 2 is 2.05 bits per heavy atom. The van der Waals surface area contributed by atoms with Crippen molar-refractivity contribution >= 4 is 17.7 Å². The van der Waals surface area contributed by atoms with Crippen LogP contribution in [0.2, 0.25) is 0 Å². The van der Waals surface area contributed by atoms with Crippen molar-refractivity contribution in [3.8, 4) is 0 Å². The number of nitrogens with one attached hydrogen (secondary N) is 2. The van der Waals surface area contributed by atoms with E-state index in [1.807, 2.05) is 19.0 Å². The fraction of sp³-hybridized carbons (Fsp3) is 0.385. The zero-order chi connectivity index (χ0) is 15.1. The summed E-state index contributed by atoms with van der Waals surface area (Å²) in [5, 5.41) is 13.7. The number of anilines is 1. The average Bonchev–Trinajstić information content (AvgIpc) is 2.36. The van der Waals surface area contributed by atoms with Crippen LogP contribution in [0.5, 0.6) is 0 Å². The summed E-state index contributed by atoms with van der Waals surface area (Å²) in [5.74, 6) is -2.08. The lowest BCUT2D eigenvalue weighted by Crippen LogP contribution is -2.32. The number of carbonyl (C=O) groups excluding carboxylic acids is 1. The van der Waals surface area contributed by atoms with Crippen LogP contribution in [0, 0.1) is 5.82 Å². The predicted molar refractivity (Wildman–Crippen MR) is 73.6 cm³/mol. The van der Waals surface area contributed by atoms with Crippen LogP contribution < -0.4 is 10.6 Å². The van der Waals surface area contributed by atoms with Crippen molar-refractivity contribution in [3.63, 3.8) is 0 Å². The van der Waals surface area contributed by atoms with Gasteiger partial charge in [0.1, 0.15) is 5.82 Å². The summed E-state index contributed by atoms with van der Waals surface area (Å²) >= 11 is 0. The van der Waals surface area contributed by atoms with Gasteiger partial charge in [0.05, 0.1) is 11.3 Å². The molecule has 0 heterocycles. The van der Waals surface area contributed by atoms with Crippen LogP contribution in [0.3, 0.4) is 0 Å². The Morgan fingerprint density at radius 1 is 1.35 bits per heavy atom. The van der Waals surface area contributed by atoms with E-state index in [0.717, 1.165) is 19.0 Å². The topological polar surface area (TPSA) is 81.7 Å². The van der Waals surface area contributed by atoms with Crippen LogP contribution >= 0.6 is 0 Å². The van der Waals surface area contributed by atoms with Crippen LogP contribution in [0.25, 0.3) is 0 Å². The fourth-order valence-corrected chi connectivity index (χ4v) is 1.58. The van der Waals surface area contributed by atoms with Gasteiger partial charge in [-0.3, -0.25) is 0 Å². The molecule has 0 spiro atoms. The molecule has 2 amide bonds. The predicted octanol–water partition coefficient (Wildman–Crippen LogP) is 1.60. The minimum Gasteiger partial charge on any atom is -0.478 e. The van der Waals surface area contributed by atoms with Crippen molar-refractivity contribution in [1.82, 2.24) is 10.2 Å². The molecule has 1 aromatic carbocycles. The first-order valence-electron chi connectivity index (χ1n) is 6.13. The number of nitrogens with zero attached hydrogens (tertiary/aromatic N) is 1. The monoisotopic (exact) mass is 283 g/mol. The minimum absolute atomic E-state index is 0.284. The Balaban J connectivity index is 2.60. The van der Waals surface area contributed by atoms with E-state index < -0.39 is 17.8 Å². The molecular formula is C13H18FN3O3. The number of hydrogen-bond donors (Lipinski definition) is 3. The van der Waals surface area contributed by atoms with Gasteiger partial charge < -0.3 is 20.6 Å². The zero-order valence-electron chi connectivity index (χ0n) is 11.4. The van der Waals surface area contributed by atoms with Crippen LogP contribution in [0.4, 0.5) is 14.9 Å². The molecule has 0 aromatic heterocycles. The van der Waals surface area contributed by atoms with E-state index in [0.29, 0.717) is 6.54 Å². The molecule has 7 heteroatoms. The molecule has 3 N–H and O–H groups in total. The van der Waals surface area contributed by atoms with E-state index in [2.05, 4.69) is 10.6 Å². The highest BCUT2D eigenvalue weighted by Crippen LogP contribution is 2.19. The maximum Gasteiger partial charge on any atom is 0.337 e. The molecule has 0 saturated carbocycles. The number of para-hydroxylation sites is 1. The normalized spacial score (nSPS) is 10.4. The number of aromatic carboxylic acids is 1. The Hall–Kier alpha value is -2.15. The van der Waals surface area contributed by atoms with Crippen LogP contribution in [0.1, 0.15) is 16.8 Å². The number of benzene rings is 1. The second kappa shape index (κ2) is 7.44. The largest absolute Gasteiger partial charge is 0.478 e. The summed E-state index contributed by atoms with van der Waals surface area (Å²) in [6, 6.07) is 2.97. The Kier molecular flexibility index (Phi) is 5.92. The fourth-order valence-electron chi connectivity index (χ4n) is 1.58. The molecule has 0 radical (unpaired) electrons. The summed E-state index contributed by atoms with van der Waals surface area (Å²) in [6.45, 7) is 1.22. The first-order valence-corrected chi connectivity index (χ1v) is 6.13. The van der Waals surface area contributed by atoms with Crippen molar-refractivity contribution in [3.05, 3.63) is 29.6 Å². The maximum absolute atomic E-state index is 13.6. The average molecular weight is 283 g/mol. The van der Waals surface area contributed by atoms with E-state index in [1.165, 1.54) is 12.1 Å². The highest BCUT2D eigenvalue weighted by molar-refractivity contribution is 6.00. The minimum atomic E-state index is -1.30. The Labute approximate surface area is 116 Å². The molecular weight excluding hydrogens is 265 g/mol. The van der Waals surface area contributed by atoms with Crippen molar-refractivity contribution in [1.29, 1.82) is 0 Å². The third-order valence-corrected chi connectivity index (χ3v) is 2.55. The summed E-state index contributed by atoms with van der Waals surface area (Å²) in [5.41, 5.74) is -0.612. The van der Waals surface area contributed by atoms with Crippen molar-refractivity contribution in [2.75, 3.05) is 32.5 Å². The molecule has 0 atom stereocenters. The van der Waals surface area contributed by atoms with Gasteiger partial charge in [0.2, 0.25) is 0 Å². The number of carboxylic acids is 1. The van der Waals surface area contributed by atoms with E-state index in [4.69, 9.17) is 5.11 Å². The van der Waals surface area contributed by atoms with Crippen LogP contribution in [-0.2, 0) is 0 Å². The van der Waals surface area contributed by atoms with E-state index >= 15 is 0 Å². The van der Waals surface area contributed by atoms with Gasteiger partial charge in [-0.2, -0.15) is 0 Å². The third kappa shape index (κ3) is 4.85. The molecule has 0 fully saturated rings. The second-order valence-electron chi connectivity index (χ2n) is 4.51. The summed E-state index contributed by atoms with van der Waals surface area (Å²) in [7, 11) is 3.83. The molecule has 110 valence electrons. The van der Waals surface area contributed by atoms with Gasteiger partial charge in [-0.1, -0.05) is 6.07 Å². The number of rotatable bonds is 6. The maximum atomic E-state index is 13.6. The lowest BCUT2D eigenvalue weighted by molar-refractivity contribution is 0.0697. The summed E-state index contributed by atoms with van der Waals surface area (Å²) in [6.07, 6.45) is 0.740. The molecule has 20 heavy (non-hydrogen) atoms. The smallest absolute Gasteiger partial charge is 0.337 e. The van der Waals surface area contributed by atoms with Gasteiger partial charge >= 0.3 is 12.0 Å². The molecule has 1 rings (SSSR count). The molecule has 0 aliphatic rings. The molecule has 6 nitrogen and oxygen atoms in total. The first-order chi connectivity index (χ1) is 9.41. The molecule has 0 aliphatic carbocycles. The number of carbonyl (C=O) groups is 2. The third-order valence-electron chi connectivity index (χ3n) is 2.55. The van der Waals surface area contributed by atoms with E-state index in [9.17, 15) is 14.0 Å². The molecule has 0 unspecified atom stereocenters. The standard InChI is InChI=1S/C13H18FN3O3/c1-17(2)8-4-7-15-13(20)16-11-9(12(18)19)5-3-6-10(11)14/h3,5-6H,4,7-8H2,1-2H3,(H,18,19)(H2,15,16,20). The first kappa shape index (κ1) is 15.9.